The lowest BCUT2D eigenvalue weighted by Gasteiger charge is -2.09. The molecule has 0 fully saturated rings. The molecule has 11 heteroatoms. The van der Waals surface area contributed by atoms with Crippen molar-refractivity contribution >= 4 is 44.6 Å². The van der Waals surface area contributed by atoms with Crippen LogP contribution >= 0.6 is 22.9 Å². The van der Waals surface area contributed by atoms with E-state index in [1.807, 2.05) is 0 Å². The summed E-state index contributed by atoms with van der Waals surface area (Å²) < 4.78 is 45.9. The van der Waals surface area contributed by atoms with Crippen molar-refractivity contribution in [1.82, 2.24) is 0 Å². The zero-order valence-electron chi connectivity index (χ0n) is 15.3. The smallest absolute Gasteiger partial charge is 0.341 e. The number of phenolic OH excluding ortho intramolecular Hbond substituents is 2. The van der Waals surface area contributed by atoms with Crippen LogP contribution in [-0.2, 0) is 14.8 Å². The second-order valence-corrected chi connectivity index (χ2v) is 9.54. The molecule has 30 heavy (non-hydrogen) atoms. The third-order valence-corrected chi connectivity index (χ3v) is 7.14. The molecule has 0 spiro atoms. The first-order valence-electron chi connectivity index (χ1n) is 8.43. The van der Waals surface area contributed by atoms with Crippen molar-refractivity contribution < 1.29 is 32.6 Å². The van der Waals surface area contributed by atoms with Gasteiger partial charge in [0.1, 0.15) is 31.4 Å². The van der Waals surface area contributed by atoms with E-state index in [1.165, 1.54) is 18.2 Å². The number of hydrogen-bond acceptors (Lipinski definition) is 7. The molecule has 0 aliphatic heterocycles. The number of halogens is 2. The maximum atomic E-state index is 13.5. The highest BCUT2D eigenvalue weighted by atomic mass is 35.5. The number of phenols is 2. The fourth-order valence-corrected chi connectivity index (χ4v) is 5.37. The maximum Gasteiger partial charge on any atom is 0.341 e. The summed E-state index contributed by atoms with van der Waals surface area (Å²) in [6.45, 7) is 1.73. The number of thiophene rings is 1. The van der Waals surface area contributed by atoms with E-state index in [9.17, 15) is 27.8 Å². The molecule has 0 saturated carbocycles. The van der Waals surface area contributed by atoms with E-state index in [4.69, 9.17) is 16.3 Å². The monoisotopic (exact) mass is 471 g/mol. The fraction of sp³-hybridized carbons (Fsp3) is 0.105. The number of nitrogens with one attached hydrogen (secondary N) is 1. The molecule has 0 atom stereocenters. The first-order valence-corrected chi connectivity index (χ1v) is 11.1. The van der Waals surface area contributed by atoms with Crippen LogP contribution in [0.5, 0.6) is 11.5 Å². The van der Waals surface area contributed by atoms with E-state index in [1.54, 1.807) is 6.92 Å². The van der Waals surface area contributed by atoms with Crippen LogP contribution in [0.25, 0.3) is 11.1 Å². The van der Waals surface area contributed by atoms with Crippen LogP contribution in [0.3, 0.4) is 0 Å². The molecule has 0 saturated heterocycles. The second-order valence-electron chi connectivity index (χ2n) is 5.97. The second kappa shape index (κ2) is 8.50. The summed E-state index contributed by atoms with van der Waals surface area (Å²) in [6, 6.07) is 8.03. The highest BCUT2D eigenvalue weighted by Crippen LogP contribution is 2.42. The Morgan fingerprint density at radius 2 is 1.87 bits per heavy atom. The van der Waals surface area contributed by atoms with Crippen LogP contribution in [-0.4, -0.2) is 31.2 Å². The molecule has 1 heterocycles. The number of aromatic hydroxyl groups is 2. The van der Waals surface area contributed by atoms with Crippen molar-refractivity contribution in [2.24, 2.45) is 0 Å². The van der Waals surface area contributed by atoms with Crippen LogP contribution < -0.4 is 4.72 Å². The van der Waals surface area contributed by atoms with E-state index < -0.39 is 27.6 Å². The number of sulfonamides is 1. The number of anilines is 1. The van der Waals surface area contributed by atoms with E-state index in [-0.39, 0.29) is 43.3 Å². The lowest BCUT2D eigenvalue weighted by Crippen LogP contribution is -2.12. The zero-order valence-corrected chi connectivity index (χ0v) is 17.7. The molecule has 158 valence electrons. The summed E-state index contributed by atoms with van der Waals surface area (Å²) >= 11 is 6.84. The molecule has 3 aromatic rings. The Morgan fingerprint density at radius 3 is 2.53 bits per heavy atom. The molecule has 7 nitrogen and oxygen atoms in total. The number of benzene rings is 2. The van der Waals surface area contributed by atoms with Gasteiger partial charge in [-0.1, -0.05) is 11.6 Å². The molecule has 0 unspecified atom stereocenters. The Morgan fingerprint density at radius 1 is 1.13 bits per heavy atom. The number of rotatable bonds is 6. The van der Waals surface area contributed by atoms with Crippen molar-refractivity contribution in [3.8, 4) is 22.6 Å². The number of esters is 1. The Bertz CT molecular complexity index is 1230. The standard InChI is InChI=1S/C19H15ClFNO6S2/c1-2-28-19(25)12-5-4-11(8-16(12)24)22-30(26,27)17-9-14(18(20)29-17)13-7-10(21)3-6-15(13)23/h3-9,22-24H,2H2,1H3. The van der Waals surface area contributed by atoms with Gasteiger partial charge in [-0.05, 0) is 43.3 Å². The van der Waals surface area contributed by atoms with E-state index in [2.05, 4.69) is 4.72 Å². The summed E-state index contributed by atoms with van der Waals surface area (Å²) in [7, 11) is -4.12. The van der Waals surface area contributed by atoms with Gasteiger partial charge in [-0.25, -0.2) is 17.6 Å². The third-order valence-electron chi connectivity index (χ3n) is 3.92. The van der Waals surface area contributed by atoms with E-state index in [0.29, 0.717) is 11.3 Å². The van der Waals surface area contributed by atoms with Crippen molar-refractivity contribution in [2.75, 3.05) is 11.3 Å². The van der Waals surface area contributed by atoms with Crippen molar-refractivity contribution in [3.05, 3.63) is 58.2 Å². The molecule has 2 aromatic carbocycles. The predicted octanol–water partition coefficient (Wildman–Crippen LogP) is 4.60. The quantitative estimate of drug-likeness (QED) is 0.453. The number of hydrogen-bond donors (Lipinski definition) is 3. The summed E-state index contributed by atoms with van der Waals surface area (Å²) in [5.41, 5.74) is 0.0942. The Labute approximate surface area is 180 Å². The molecule has 0 aliphatic rings. The van der Waals surface area contributed by atoms with Gasteiger partial charge in [-0.3, -0.25) is 4.72 Å². The molecule has 0 aliphatic carbocycles. The normalized spacial score (nSPS) is 11.3. The first-order chi connectivity index (χ1) is 14.1. The molecular weight excluding hydrogens is 457 g/mol. The minimum atomic E-state index is -4.12. The van der Waals surface area contributed by atoms with Crippen LogP contribution in [0.2, 0.25) is 4.34 Å². The van der Waals surface area contributed by atoms with Gasteiger partial charge in [0.2, 0.25) is 0 Å². The van der Waals surface area contributed by atoms with Crippen molar-refractivity contribution in [1.29, 1.82) is 0 Å². The Balaban J connectivity index is 1.91. The summed E-state index contributed by atoms with van der Waals surface area (Å²) in [6.07, 6.45) is 0. The molecule has 0 amide bonds. The largest absolute Gasteiger partial charge is 0.507 e. The van der Waals surface area contributed by atoms with Gasteiger partial charge >= 0.3 is 5.97 Å². The number of carbonyl (C=O) groups excluding carboxylic acids is 1. The molecule has 0 bridgehead atoms. The van der Waals surface area contributed by atoms with Gasteiger partial charge in [0.05, 0.1) is 12.3 Å². The average Bonchev–Trinajstić information content (AvgIpc) is 3.06. The molecule has 3 rings (SSSR count). The lowest BCUT2D eigenvalue weighted by molar-refractivity contribution is 0.0523. The van der Waals surface area contributed by atoms with Gasteiger partial charge in [0.15, 0.2) is 0 Å². The number of ether oxygens (including phenoxy) is 1. The molecule has 1 aromatic heterocycles. The van der Waals surface area contributed by atoms with Gasteiger partial charge in [-0.2, -0.15) is 0 Å². The van der Waals surface area contributed by atoms with Crippen molar-refractivity contribution in [2.45, 2.75) is 11.1 Å². The van der Waals surface area contributed by atoms with Gasteiger partial charge < -0.3 is 14.9 Å². The SMILES string of the molecule is CCOC(=O)c1ccc(NS(=O)(=O)c2cc(-c3cc(F)ccc3O)c(Cl)s2)cc1O. The number of carbonyl (C=O) groups is 1. The third kappa shape index (κ3) is 4.50. The zero-order chi connectivity index (χ0) is 22.1. The summed E-state index contributed by atoms with van der Waals surface area (Å²) in [5, 5.41) is 19.9. The molecule has 3 N–H and O–H groups in total. The van der Waals surface area contributed by atoms with E-state index >= 15 is 0 Å². The minimum absolute atomic E-state index is 0.000207. The van der Waals surface area contributed by atoms with Crippen LogP contribution in [0.1, 0.15) is 17.3 Å². The molecule has 0 radical (unpaired) electrons. The van der Waals surface area contributed by atoms with Crippen molar-refractivity contribution in [3.63, 3.8) is 0 Å². The highest BCUT2D eigenvalue weighted by Gasteiger charge is 2.23. The molecular formula is C19H15ClFNO6S2. The van der Waals surface area contributed by atoms with Crippen LogP contribution in [0.4, 0.5) is 10.1 Å². The summed E-state index contributed by atoms with van der Waals surface area (Å²) in [4.78, 5) is 11.7. The Kier molecular flexibility index (Phi) is 6.20. The fourth-order valence-electron chi connectivity index (χ4n) is 2.57. The minimum Gasteiger partial charge on any atom is -0.507 e. The lowest BCUT2D eigenvalue weighted by atomic mass is 10.1. The van der Waals surface area contributed by atoms with Gasteiger partial charge in [-0.15, -0.1) is 11.3 Å². The van der Waals surface area contributed by atoms with Crippen LogP contribution in [0, 0.1) is 5.82 Å². The predicted molar refractivity (Wildman–Crippen MR) is 111 cm³/mol. The van der Waals surface area contributed by atoms with E-state index in [0.717, 1.165) is 24.3 Å². The van der Waals surface area contributed by atoms with Gasteiger partial charge in [0.25, 0.3) is 10.0 Å². The maximum absolute atomic E-state index is 13.5. The summed E-state index contributed by atoms with van der Waals surface area (Å²) in [5.74, 6) is -2.07. The first kappa shape index (κ1) is 21.9. The highest BCUT2D eigenvalue weighted by molar-refractivity contribution is 7.94. The Hall–Kier alpha value is -2.82. The topological polar surface area (TPSA) is 113 Å². The van der Waals surface area contributed by atoms with Crippen LogP contribution in [0.15, 0.2) is 46.7 Å². The average molecular weight is 472 g/mol. The van der Waals surface area contributed by atoms with Gasteiger partial charge in [0, 0.05) is 17.2 Å².